The Labute approximate surface area is 125 Å². The highest BCUT2D eigenvalue weighted by Crippen LogP contribution is 2.26. The topological polar surface area (TPSA) is 116 Å². The first-order valence-corrected chi connectivity index (χ1v) is 7.49. The van der Waals surface area contributed by atoms with E-state index in [9.17, 15) is 9.59 Å². The van der Waals surface area contributed by atoms with Crippen LogP contribution in [0.15, 0.2) is 5.16 Å². The molecule has 114 valence electrons. The molecule has 1 amide bonds. The number of hydrogen-bond acceptors (Lipinski definition) is 5. The maximum absolute atomic E-state index is 11.0. The molecule has 0 aromatic carbocycles. The number of carboxylic acid groups (broad SMARTS) is 1. The van der Waals surface area contributed by atoms with Gasteiger partial charge in [0, 0.05) is 19.5 Å². The van der Waals surface area contributed by atoms with Gasteiger partial charge in [0.15, 0.2) is 10.8 Å². The van der Waals surface area contributed by atoms with Crippen LogP contribution < -0.4 is 5.73 Å². The van der Waals surface area contributed by atoms with E-state index in [2.05, 4.69) is 10.1 Å². The summed E-state index contributed by atoms with van der Waals surface area (Å²) in [7, 11) is 0. The molecule has 0 bridgehead atoms. The third-order valence-corrected chi connectivity index (χ3v) is 3.93. The fourth-order valence-corrected chi connectivity index (χ4v) is 2.83. The number of carboxylic acids is 1. The molecule has 0 fully saturated rings. The van der Waals surface area contributed by atoms with E-state index in [1.54, 1.807) is 4.68 Å². The Bertz CT molecular complexity index is 691. The molecule has 2 aromatic heterocycles. The Hall–Kier alpha value is -2.03. The lowest BCUT2D eigenvalue weighted by Gasteiger charge is -2.08. The summed E-state index contributed by atoms with van der Waals surface area (Å²) in [5, 5.41) is 13.8. The van der Waals surface area contributed by atoms with Gasteiger partial charge in [0.05, 0.1) is 11.4 Å². The smallest absolute Gasteiger partial charge is 0.313 e. The highest BCUT2D eigenvalue weighted by Gasteiger charge is 2.19. The highest BCUT2D eigenvalue weighted by atomic mass is 32.2. The number of aliphatic carboxylic acids is 1. The number of amides is 1. The Kier molecular flexibility index (Phi) is 4.51. The standard InChI is InChI=1S/C12H17N5O3S/c1-3-17-11-10(7(2)15-17)14-12(21-6-9(19)20)16(11)5-4-8(13)18/h3-6H2,1-2H3,(H2,13,18)(H,19,20). The minimum Gasteiger partial charge on any atom is -0.481 e. The van der Waals surface area contributed by atoms with Gasteiger partial charge in [0.25, 0.3) is 0 Å². The molecule has 2 heterocycles. The van der Waals surface area contributed by atoms with E-state index in [-0.39, 0.29) is 12.2 Å². The van der Waals surface area contributed by atoms with Crippen LogP contribution in [0.5, 0.6) is 0 Å². The van der Waals surface area contributed by atoms with Crippen molar-refractivity contribution in [2.24, 2.45) is 5.73 Å². The van der Waals surface area contributed by atoms with Crippen LogP contribution in [0.1, 0.15) is 19.0 Å². The van der Waals surface area contributed by atoms with Crippen molar-refractivity contribution in [3.8, 4) is 0 Å². The van der Waals surface area contributed by atoms with E-state index < -0.39 is 11.9 Å². The summed E-state index contributed by atoms with van der Waals surface area (Å²) in [6, 6.07) is 0. The first-order chi connectivity index (χ1) is 9.93. The van der Waals surface area contributed by atoms with Crippen molar-refractivity contribution in [1.29, 1.82) is 0 Å². The van der Waals surface area contributed by atoms with Gasteiger partial charge in [0.1, 0.15) is 5.52 Å². The second-order valence-electron chi connectivity index (χ2n) is 4.52. The van der Waals surface area contributed by atoms with Gasteiger partial charge in [0.2, 0.25) is 5.91 Å². The number of aromatic nitrogens is 4. The quantitative estimate of drug-likeness (QED) is 0.724. The van der Waals surface area contributed by atoms with Crippen molar-refractivity contribution in [1.82, 2.24) is 19.3 Å². The minimum absolute atomic E-state index is 0.0885. The maximum atomic E-state index is 11.0. The zero-order valence-electron chi connectivity index (χ0n) is 11.9. The first kappa shape index (κ1) is 15.4. The molecule has 0 aliphatic rings. The van der Waals surface area contributed by atoms with Gasteiger partial charge in [-0.3, -0.25) is 9.59 Å². The zero-order valence-corrected chi connectivity index (χ0v) is 12.7. The second kappa shape index (κ2) is 6.17. The Morgan fingerprint density at radius 2 is 2.14 bits per heavy atom. The summed E-state index contributed by atoms with van der Waals surface area (Å²) < 4.78 is 3.61. The Morgan fingerprint density at radius 3 is 2.71 bits per heavy atom. The number of carbonyl (C=O) groups excluding carboxylic acids is 1. The Balaban J connectivity index is 2.47. The molecule has 9 heteroatoms. The van der Waals surface area contributed by atoms with Gasteiger partial charge in [-0.25, -0.2) is 9.67 Å². The maximum Gasteiger partial charge on any atom is 0.313 e. The van der Waals surface area contributed by atoms with Gasteiger partial charge in [-0.05, 0) is 13.8 Å². The molecule has 2 aromatic rings. The molecule has 3 N–H and O–H groups in total. The van der Waals surface area contributed by atoms with Crippen LogP contribution >= 0.6 is 11.8 Å². The molecule has 0 saturated carbocycles. The van der Waals surface area contributed by atoms with Crippen molar-refractivity contribution in [3.05, 3.63) is 5.69 Å². The van der Waals surface area contributed by atoms with Crippen LogP contribution in [-0.4, -0.2) is 42.1 Å². The molecule has 21 heavy (non-hydrogen) atoms. The number of imidazole rings is 1. The minimum atomic E-state index is -0.914. The number of carbonyl (C=O) groups is 2. The van der Waals surface area contributed by atoms with Gasteiger partial charge < -0.3 is 15.4 Å². The highest BCUT2D eigenvalue weighted by molar-refractivity contribution is 7.99. The fourth-order valence-electron chi connectivity index (χ4n) is 2.09. The summed E-state index contributed by atoms with van der Waals surface area (Å²) in [6.07, 6.45) is 0.167. The van der Waals surface area contributed by atoms with E-state index in [0.717, 1.165) is 28.6 Å². The van der Waals surface area contributed by atoms with Crippen molar-refractivity contribution < 1.29 is 14.7 Å². The summed E-state index contributed by atoms with van der Waals surface area (Å²) >= 11 is 1.12. The summed E-state index contributed by atoms with van der Waals surface area (Å²) in [4.78, 5) is 26.2. The number of rotatable bonds is 7. The van der Waals surface area contributed by atoms with Crippen LogP contribution in [-0.2, 0) is 22.7 Å². The van der Waals surface area contributed by atoms with E-state index >= 15 is 0 Å². The van der Waals surface area contributed by atoms with Crippen LogP contribution in [0.25, 0.3) is 11.2 Å². The summed E-state index contributed by atoms with van der Waals surface area (Å²) in [5.74, 6) is -1.41. The predicted molar refractivity (Wildman–Crippen MR) is 78.1 cm³/mol. The lowest BCUT2D eigenvalue weighted by molar-refractivity contribution is -0.134. The molecule has 0 saturated heterocycles. The molecular weight excluding hydrogens is 294 g/mol. The first-order valence-electron chi connectivity index (χ1n) is 6.50. The molecule has 8 nitrogen and oxygen atoms in total. The summed E-state index contributed by atoms with van der Waals surface area (Å²) in [6.45, 7) is 4.83. The Morgan fingerprint density at radius 1 is 1.43 bits per heavy atom. The molecule has 0 unspecified atom stereocenters. The van der Waals surface area contributed by atoms with Crippen molar-refractivity contribution in [2.45, 2.75) is 38.5 Å². The van der Waals surface area contributed by atoms with Crippen LogP contribution in [0.4, 0.5) is 0 Å². The average Bonchev–Trinajstić information content (AvgIpc) is 2.92. The predicted octanol–water partition coefficient (Wildman–Crippen LogP) is 0.613. The van der Waals surface area contributed by atoms with E-state index in [0.29, 0.717) is 18.2 Å². The second-order valence-corrected chi connectivity index (χ2v) is 5.46. The average molecular weight is 311 g/mol. The van der Waals surface area contributed by atoms with Crippen LogP contribution in [0.2, 0.25) is 0 Å². The van der Waals surface area contributed by atoms with E-state index in [1.165, 1.54) is 0 Å². The van der Waals surface area contributed by atoms with Crippen LogP contribution in [0.3, 0.4) is 0 Å². The molecular formula is C12H17N5O3S. The third kappa shape index (κ3) is 3.18. The van der Waals surface area contributed by atoms with E-state index in [4.69, 9.17) is 10.8 Å². The number of fused-ring (bicyclic) bond motifs is 1. The molecule has 0 aliphatic heterocycles. The zero-order chi connectivity index (χ0) is 15.6. The molecule has 2 rings (SSSR count). The van der Waals surface area contributed by atoms with Crippen molar-refractivity contribution in [2.75, 3.05) is 5.75 Å². The van der Waals surface area contributed by atoms with Gasteiger partial charge >= 0.3 is 5.97 Å². The number of nitrogens with two attached hydrogens (primary N) is 1. The van der Waals surface area contributed by atoms with E-state index in [1.807, 2.05) is 18.4 Å². The van der Waals surface area contributed by atoms with Gasteiger partial charge in [-0.15, -0.1) is 0 Å². The third-order valence-electron chi connectivity index (χ3n) is 2.97. The molecule has 0 radical (unpaired) electrons. The monoisotopic (exact) mass is 311 g/mol. The summed E-state index contributed by atoms with van der Waals surface area (Å²) in [5.41, 5.74) is 7.51. The fraction of sp³-hybridized carbons (Fsp3) is 0.500. The molecule has 0 aliphatic carbocycles. The lowest BCUT2D eigenvalue weighted by atomic mass is 10.4. The van der Waals surface area contributed by atoms with Crippen LogP contribution in [0, 0.1) is 6.92 Å². The van der Waals surface area contributed by atoms with Gasteiger partial charge in [-0.2, -0.15) is 5.10 Å². The lowest BCUT2D eigenvalue weighted by Crippen LogP contribution is -2.15. The van der Waals surface area contributed by atoms with Crippen molar-refractivity contribution in [3.63, 3.8) is 0 Å². The SMILES string of the molecule is CCn1nc(C)c2nc(SCC(=O)O)n(CCC(N)=O)c21. The number of thioether (sulfide) groups is 1. The molecule has 0 atom stereocenters. The number of primary amides is 1. The van der Waals surface area contributed by atoms with Crippen molar-refractivity contribution >= 4 is 34.8 Å². The number of aryl methyl sites for hydroxylation is 3. The molecule has 0 spiro atoms. The number of nitrogens with zero attached hydrogens (tertiary/aromatic N) is 4. The van der Waals surface area contributed by atoms with Gasteiger partial charge in [-0.1, -0.05) is 11.8 Å². The number of hydrogen-bond donors (Lipinski definition) is 2. The largest absolute Gasteiger partial charge is 0.481 e. The normalized spacial score (nSPS) is 11.1.